The van der Waals surface area contributed by atoms with Gasteiger partial charge in [0.15, 0.2) is 0 Å². The van der Waals surface area contributed by atoms with Crippen LogP contribution in [0.15, 0.2) is 54.6 Å². The van der Waals surface area contributed by atoms with E-state index in [-0.39, 0.29) is 11.8 Å². The Kier molecular flexibility index (Phi) is 6.66. The van der Waals surface area contributed by atoms with Gasteiger partial charge in [-0.15, -0.1) is 0 Å². The topological polar surface area (TPSA) is 44.8 Å². The number of hydrogen-bond donors (Lipinski definition) is 1. The van der Waals surface area contributed by atoms with Gasteiger partial charge in [0.25, 0.3) is 0 Å². The molecule has 0 aromatic heterocycles. The van der Waals surface area contributed by atoms with Gasteiger partial charge in [0, 0.05) is 37.6 Å². The van der Waals surface area contributed by atoms with E-state index in [0.29, 0.717) is 0 Å². The fraction of sp³-hybridized carbons (Fsp3) is 0.370. The fourth-order valence-corrected chi connectivity index (χ4v) is 4.34. The molecular weight excluding hydrogens is 398 g/mol. The first-order valence-electron chi connectivity index (χ1n) is 11.4. The number of aryl methyl sites for hydroxylation is 1. The summed E-state index contributed by atoms with van der Waals surface area (Å²) in [5, 5.41) is 5.34. The molecular formula is C27H33N3O2. The number of carbonyl (C=O) groups is 1. The minimum Gasteiger partial charge on any atom is -0.497 e. The summed E-state index contributed by atoms with van der Waals surface area (Å²) in [4.78, 5) is 17.9. The highest BCUT2D eigenvalue weighted by molar-refractivity contribution is 5.97. The van der Waals surface area contributed by atoms with Crippen molar-refractivity contribution in [1.29, 1.82) is 0 Å². The number of hydrogen-bond acceptors (Lipinski definition) is 4. The van der Waals surface area contributed by atoms with Crippen molar-refractivity contribution in [3.8, 4) is 5.75 Å². The van der Waals surface area contributed by atoms with Crippen molar-refractivity contribution in [2.75, 3.05) is 50.1 Å². The quantitative estimate of drug-likeness (QED) is 0.594. The van der Waals surface area contributed by atoms with Crippen LogP contribution in [0, 0.1) is 6.92 Å². The first-order valence-corrected chi connectivity index (χ1v) is 11.4. The number of carbonyl (C=O) groups excluding carboxylic acids is 1. The summed E-state index contributed by atoms with van der Waals surface area (Å²) in [5.41, 5.74) is 4.20. The van der Waals surface area contributed by atoms with E-state index in [9.17, 15) is 4.79 Å². The average molecular weight is 432 g/mol. The van der Waals surface area contributed by atoms with Gasteiger partial charge in [0.1, 0.15) is 5.75 Å². The van der Waals surface area contributed by atoms with Crippen LogP contribution in [0.1, 0.15) is 30.9 Å². The second-order valence-corrected chi connectivity index (χ2v) is 8.60. The smallest absolute Gasteiger partial charge is 0.231 e. The molecule has 0 bridgehead atoms. The number of anilines is 2. The molecule has 1 heterocycles. The van der Waals surface area contributed by atoms with Crippen molar-refractivity contribution in [1.82, 2.24) is 4.90 Å². The van der Waals surface area contributed by atoms with E-state index in [4.69, 9.17) is 4.74 Å². The van der Waals surface area contributed by atoms with Gasteiger partial charge in [-0.2, -0.15) is 0 Å². The Morgan fingerprint density at radius 3 is 2.41 bits per heavy atom. The average Bonchev–Trinajstić information content (AvgIpc) is 2.84. The maximum Gasteiger partial charge on any atom is 0.231 e. The SMILES string of the molecule is CCN1CCN(c2ccc(NC(=O)[C@@H](C)c3ccc4cc(OC)ccc4c3)c(C)c2)CC1. The number of amides is 1. The van der Waals surface area contributed by atoms with Crippen molar-refractivity contribution in [2.24, 2.45) is 0 Å². The largest absolute Gasteiger partial charge is 0.497 e. The van der Waals surface area contributed by atoms with Gasteiger partial charge in [-0.25, -0.2) is 0 Å². The van der Waals surface area contributed by atoms with Crippen LogP contribution < -0.4 is 15.0 Å². The van der Waals surface area contributed by atoms with E-state index < -0.39 is 0 Å². The number of piperazine rings is 1. The maximum atomic E-state index is 13.0. The summed E-state index contributed by atoms with van der Waals surface area (Å²) in [6.07, 6.45) is 0. The number of nitrogens with one attached hydrogen (secondary N) is 1. The zero-order valence-electron chi connectivity index (χ0n) is 19.5. The first kappa shape index (κ1) is 22.2. The van der Waals surface area contributed by atoms with Crippen LogP contribution in [0.2, 0.25) is 0 Å². The lowest BCUT2D eigenvalue weighted by Crippen LogP contribution is -2.46. The molecule has 5 nitrogen and oxygen atoms in total. The number of methoxy groups -OCH3 is 1. The molecule has 1 N–H and O–H groups in total. The molecule has 1 aliphatic heterocycles. The lowest BCUT2D eigenvalue weighted by atomic mass is 9.96. The third-order valence-corrected chi connectivity index (χ3v) is 6.62. The molecule has 0 aliphatic carbocycles. The molecule has 1 amide bonds. The Morgan fingerprint density at radius 1 is 1.00 bits per heavy atom. The normalized spacial score (nSPS) is 15.6. The van der Waals surface area contributed by atoms with E-state index in [0.717, 1.165) is 66.1 Å². The summed E-state index contributed by atoms with van der Waals surface area (Å²) in [6, 6.07) is 18.5. The molecule has 1 aliphatic rings. The Bertz CT molecular complexity index is 1100. The summed E-state index contributed by atoms with van der Waals surface area (Å²) < 4.78 is 5.30. The van der Waals surface area contributed by atoms with Crippen molar-refractivity contribution >= 4 is 28.1 Å². The molecule has 0 unspecified atom stereocenters. The van der Waals surface area contributed by atoms with Gasteiger partial charge in [0.2, 0.25) is 5.91 Å². The number of likely N-dealkylation sites (N-methyl/N-ethyl adjacent to an activating group) is 1. The van der Waals surface area contributed by atoms with Crippen LogP contribution in [0.3, 0.4) is 0 Å². The molecule has 32 heavy (non-hydrogen) atoms. The van der Waals surface area contributed by atoms with Gasteiger partial charge in [0.05, 0.1) is 13.0 Å². The number of nitrogens with zero attached hydrogens (tertiary/aromatic N) is 2. The Labute approximate surface area is 191 Å². The summed E-state index contributed by atoms with van der Waals surface area (Å²) >= 11 is 0. The van der Waals surface area contributed by atoms with Crippen molar-refractivity contribution in [3.63, 3.8) is 0 Å². The zero-order chi connectivity index (χ0) is 22.7. The molecule has 0 radical (unpaired) electrons. The summed E-state index contributed by atoms with van der Waals surface area (Å²) in [7, 11) is 1.67. The van der Waals surface area contributed by atoms with Crippen LogP contribution in [-0.2, 0) is 4.79 Å². The highest BCUT2D eigenvalue weighted by Gasteiger charge is 2.19. The van der Waals surface area contributed by atoms with Crippen molar-refractivity contribution in [3.05, 3.63) is 65.7 Å². The highest BCUT2D eigenvalue weighted by atomic mass is 16.5. The fourth-order valence-electron chi connectivity index (χ4n) is 4.34. The van der Waals surface area contributed by atoms with E-state index in [1.165, 1.54) is 5.69 Å². The minimum absolute atomic E-state index is 0.00488. The Morgan fingerprint density at radius 2 is 1.72 bits per heavy atom. The van der Waals surface area contributed by atoms with Crippen molar-refractivity contribution in [2.45, 2.75) is 26.7 Å². The van der Waals surface area contributed by atoms with Gasteiger partial charge >= 0.3 is 0 Å². The molecule has 0 spiro atoms. The number of benzene rings is 3. The van der Waals surface area contributed by atoms with E-state index in [1.807, 2.05) is 37.3 Å². The lowest BCUT2D eigenvalue weighted by Gasteiger charge is -2.35. The van der Waals surface area contributed by atoms with Gasteiger partial charge in [-0.1, -0.05) is 31.2 Å². The zero-order valence-corrected chi connectivity index (χ0v) is 19.5. The third kappa shape index (κ3) is 4.73. The van der Waals surface area contributed by atoms with Crippen molar-refractivity contribution < 1.29 is 9.53 Å². The second-order valence-electron chi connectivity index (χ2n) is 8.60. The second kappa shape index (κ2) is 9.61. The highest BCUT2D eigenvalue weighted by Crippen LogP contribution is 2.28. The molecule has 1 saturated heterocycles. The molecule has 168 valence electrons. The molecule has 3 aromatic carbocycles. The van der Waals surface area contributed by atoms with E-state index >= 15 is 0 Å². The minimum atomic E-state index is -0.248. The van der Waals surface area contributed by atoms with Gasteiger partial charge < -0.3 is 19.9 Å². The molecule has 0 saturated carbocycles. The molecule has 3 aromatic rings. The third-order valence-electron chi connectivity index (χ3n) is 6.62. The summed E-state index contributed by atoms with van der Waals surface area (Å²) in [5.74, 6) is 0.593. The van der Waals surface area contributed by atoms with Crippen LogP contribution in [0.5, 0.6) is 5.75 Å². The number of fused-ring (bicyclic) bond motifs is 1. The number of rotatable bonds is 6. The van der Waals surface area contributed by atoms with E-state index in [1.54, 1.807) is 7.11 Å². The monoisotopic (exact) mass is 431 g/mol. The molecule has 1 atom stereocenters. The Balaban J connectivity index is 1.44. The van der Waals surface area contributed by atoms with E-state index in [2.05, 4.69) is 53.2 Å². The van der Waals surface area contributed by atoms with Gasteiger partial charge in [-0.05, 0) is 72.6 Å². The van der Waals surface area contributed by atoms with Crippen LogP contribution >= 0.6 is 0 Å². The predicted octanol–water partition coefficient (Wildman–Crippen LogP) is 5.04. The molecule has 5 heteroatoms. The first-order chi connectivity index (χ1) is 15.5. The molecule has 4 rings (SSSR count). The molecule has 1 fully saturated rings. The van der Waals surface area contributed by atoms with Crippen LogP contribution in [0.25, 0.3) is 10.8 Å². The Hall–Kier alpha value is -3.05. The number of ether oxygens (including phenoxy) is 1. The van der Waals surface area contributed by atoms with Gasteiger partial charge in [-0.3, -0.25) is 4.79 Å². The van der Waals surface area contributed by atoms with Crippen LogP contribution in [0.4, 0.5) is 11.4 Å². The lowest BCUT2D eigenvalue weighted by molar-refractivity contribution is -0.117. The maximum absolute atomic E-state index is 13.0. The summed E-state index contributed by atoms with van der Waals surface area (Å²) in [6.45, 7) is 11.6. The van der Waals surface area contributed by atoms with Crippen LogP contribution in [-0.4, -0.2) is 50.6 Å². The standard InChI is InChI=1S/C27H33N3O2/c1-5-29-12-14-30(15-13-29)24-9-11-26(19(2)16-24)28-27(31)20(3)21-6-7-23-18-25(32-4)10-8-22(23)17-21/h6-11,16-18,20H,5,12-15H2,1-4H3,(H,28,31)/t20-/m0/s1. The predicted molar refractivity (Wildman–Crippen MR) is 133 cm³/mol.